The second kappa shape index (κ2) is 8.78. The van der Waals surface area contributed by atoms with E-state index in [4.69, 9.17) is 0 Å². The summed E-state index contributed by atoms with van der Waals surface area (Å²) in [5.74, 6) is 0.520. The average Bonchev–Trinajstić information content (AvgIpc) is 3.22. The summed E-state index contributed by atoms with van der Waals surface area (Å²) in [6.45, 7) is 0.962. The summed E-state index contributed by atoms with van der Waals surface area (Å²) in [5.41, 5.74) is 0.490. The van der Waals surface area contributed by atoms with Crippen LogP contribution in [-0.4, -0.2) is 41.0 Å². The summed E-state index contributed by atoms with van der Waals surface area (Å²) in [6, 6.07) is 3.40. The van der Waals surface area contributed by atoms with Crippen LogP contribution in [0.3, 0.4) is 0 Å². The number of carbonyl (C=O) groups excluding carboxylic acids is 1. The molecule has 0 bridgehead atoms. The largest absolute Gasteiger partial charge is 0.453 e. The van der Waals surface area contributed by atoms with E-state index in [0.717, 1.165) is 29.1 Å². The molecule has 3 N–H and O–H groups in total. The molecule has 1 aliphatic heterocycles. The first-order chi connectivity index (χ1) is 14.6. The van der Waals surface area contributed by atoms with Gasteiger partial charge in [0.2, 0.25) is 0 Å². The zero-order chi connectivity index (χ0) is 21.0. The smallest absolute Gasteiger partial charge is 0.407 e. The Bertz CT molecular complexity index is 954. The van der Waals surface area contributed by atoms with Crippen LogP contribution in [0.1, 0.15) is 24.1 Å². The van der Waals surface area contributed by atoms with E-state index in [-0.39, 0.29) is 17.3 Å². The van der Waals surface area contributed by atoms with Gasteiger partial charge in [-0.25, -0.2) is 14.2 Å². The number of hydrogen-bond acceptors (Lipinski definition) is 8. The number of allylic oxidation sites excluding steroid dienone is 2. The third-order valence-electron chi connectivity index (χ3n) is 5.50. The molecule has 0 radical (unpaired) electrons. The second-order valence-electron chi connectivity index (χ2n) is 7.36. The van der Waals surface area contributed by atoms with Gasteiger partial charge in [0.15, 0.2) is 0 Å². The van der Waals surface area contributed by atoms with E-state index < -0.39 is 6.09 Å². The van der Waals surface area contributed by atoms with Crippen molar-refractivity contribution in [3.8, 4) is 10.7 Å². The van der Waals surface area contributed by atoms with Crippen LogP contribution in [-0.2, 0) is 11.3 Å². The van der Waals surface area contributed by atoms with Crippen molar-refractivity contribution in [3.63, 3.8) is 0 Å². The number of halogens is 1. The molecular formula is C20H23FN6O2S. The SMILES string of the molecule is COC(=O)NCc1cnc(-c2ccc(NCC3(C4NC=CC=C4F)CCC3)nn2)s1. The number of dihydropyridines is 1. The van der Waals surface area contributed by atoms with Gasteiger partial charge in [-0.1, -0.05) is 6.42 Å². The molecule has 0 saturated heterocycles. The molecule has 158 valence electrons. The molecule has 8 nitrogen and oxygen atoms in total. The lowest BCUT2D eigenvalue weighted by Crippen LogP contribution is -2.52. The Balaban J connectivity index is 1.36. The van der Waals surface area contributed by atoms with Gasteiger partial charge in [0.1, 0.15) is 22.3 Å². The van der Waals surface area contributed by atoms with Gasteiger partial charge in [0, 0.05) is 23.0 Å². The van der Waals surface area contributed by atoms with Crippen LogP contribution in [0, 0.1) is 5.41 Å². The van der Waals surface area contributed by atoms with E-state index >= 15 is 0 Å². The van der Waals surface area contributed by atoms with Crippen LogP contribution in [0.15, 0.2) is 42.5 Å². The Kier molecular flexibility index (Phi) is 5.93. The Morgan fingerprint density at radius 1 is 1.40 bits per heavy atom. The van der Waals surface area contributed by atoms with E-state index in [0.29, 0.717) is 24.6 Å². The normalized spacial score (nSPS) is 19.3. The van der Waals surface area contributed by atoms with Gasteiger partial charge in [-0.15, -0.1) is 21.5 Å². The first kappa shape index (κ1) is 20.3. The lowest BCUT2D eigenvalue weighted by molar-refractivity contribution is 0.101. The molecule has 2 aliphatic rings. The van der Waals surface area contributed by atoms with Crippen molar-refractivity contribution in [1.82, 2.24) is 25.8 Å². The summed E-state index contributed by atoms with van der Waals surface area (Å²) in [5, 5.41) is 18.3. The standard InChI is InChI=1S/C20H23FN6O2S/c1-29-19(28)24-11-13-10-23-18(30-13)15-5-6-16(27-26-15)25-12-20(7-3-8-20)17-14(21)4-2-9-22-17/h2,4-6,9-10,17,22H,3,7-8,11-12H2,1H3,(H,24,28)(H,25,27). The fraction of sp³-hybridized carbons (Fsp3) is 0.400. The summed E-state index contributed by atoms with van der Waals surface area (Å²) in [6.07, 6.45) is 9.23. The molecule has 1 saturated carbocycles. The molecule has 1 atom stereocenters. The Morgan fingerprint density at radius 3 is 2.93 bits per heavy atom. The number of thiazole rings is 1. The number of methoxy groups -OCH3 is 1. The van der Waals surface area contributed by atoms with Gasteiger partial charge >= 0.3 is 6.09 Å². The molecule has 1 aliphatic carbocycles. The molecule has 3 heterocycles. The zero-order valence-corrected chi connectivity index (χ0v) is 17.3. The summed E-state index contributed by atoms with van der Waals surface area (Å²) in [7, 11) is 1.32. The zero-order valence-electron chi connectivity index (χ0n) is 16.5. The van der Waals surface area contributed by atoms with Crippen LogP contribution in [0.2, 0.25) is 0 Å². The number of amides is 1. The Hall–Kier alpha value is -3.01. The number of aromatic nitrogens is 3. The van der Waals surface area contributed by atoms with Crippen LogP contribution in [0.25, 0.3) is 10.7 Å². The molecule has 1 fully saturated rings. The van der Waals surface area contributed by atoms with Gasteiger partial charge < -0.3 is 20.7 Å². The summed E-state index contributed by atoms with van der Waals surface area (Å²) < 4.78 is 18.9. The molecule has 1 amide bonds. The van der Waals surface area contributed by atoms with Crippen molar-refractivity contribution in [2.75, 3.05) is 19.0 Å². The van der Waals surface area contributed by atoms with Gasteiger partial charge in [0.25, 0.3) is 0 Å². The average molecular weight is 431 g/mol. The van der Waals surface area contributed by atoms with Gasteiger partial charge in [-0.3, -0.25) is 0 Å². The maximum absolute atomic E-state index is 14.3. The fourth-order valence-corrected chi connectivity index (χ4v) is 4.50. The van der Waals surface area contributed by atoms with Crippen LogP contribution >= 0.6 is 11.3 Å². The maximum atomic E-state index is 14.3. The first-order valence-electron chi connectivity index (χ1n) is 9.72. The quantitative estimate of drug-likeness (QED) is 0.619. The molecule has 0 aromatic carbocycles. The highest BCUT2D eigenvalue weighted by molar-refractivity contribution is 7.15. The van der Waals surface area contributed by atoms with E-state index in [9.17, 15) is 9.18 Å². The van der Waals surface area contributed by atoms with Crippen LogP contribution in [0.4, 0.5) is 15.0 Å². The number of alkyl carbamates (subject to hydrolysis) is 1. The van der Waals surface area contributed by atoms with Crippen LogP contribution in [0.5, 0.6) is 0 Å². The molecular weight excluding hydrogens is 407 g/mol. The predicted molar refractivity (Wildman–Crippen MR) is 112 cm³/mol. The number of hydrogen-bond donors (Lipinski definition) is 3. The fourth-order valence-electron chi connectivity index (χ4n) is 3.68. The Labute approximate surface area is 177 Å². The molecule has 0 spiro atoms. The lowest BCUT2D eigenvalue weighted by atomic mass is 9.63. The number of nitrogens with one attached hydrogen (secondary N) is 3. The van der Waals surface area contributed by atoms with Crippen molar-refractivity contribution < 1.29 is 13.9 Å². The van der Waals surface area contributed by atoms with Crippen LogP contribution < -0.4 is 16.0 Å². The summed E-state index contributed by atoms with van der Waals surface area (Å²) in [4.78, 5) is 16.4. The highest BCUT2D eigenvalue weighted by Crippen LogP contribution is 2.46. The number of anilines is 1. The molecule has 2 aromatic rings. The number of nitrogens with zero attached hydrogens (tertiary/aromatic N) is 3. The van der Waals surface area contributed by atoms with E-state index in [1.165, 1.54) is 24.5 Å². The number of carbonyl (C=O) groups is 1. The maximum Gasteiger partial charge on any atom is 0.407 e. The lowest BCUT2D eigenvalue weighted by Gasteiger charge is -2.48. The predicted octanol–water partition coefficient (Wildman–Crippen LogP) is 3.38. The third kappa shape index (κ3) is 4.28. The molecule has 2 aromatic heterocycles. The first-order valence-corrected chi connectivity index (χ1v) is 10.5. The molecule has 30 heavy (non-hydrogen) atoms. The van der Waals surface area contributed by atoms with Crippen molar-refractivity contribution in [2.45, 2.75) is 31.8 Å². The second-order valence-corrected chi connectivity index (χ2v) is 8.48. The minimum absolute atomic E-state index is 0.123. The highest BCUT2D eigenvalue weighted by Gasteiger charge is 2.46. The number of rotatable bonds is 7. The molecule has 4 rings (SSSR count). The minimum Gasteiger partial charge on any atom is -0.453 e. The topological polar surface area (TPSA) is 101 Å². The van der Waals surface area contributed by atoms with Crippen molar-refractivity contribution in [3.05, 3.63) is 47.4 Å². The molecule has 10 heteroatoms. The molecule has 1 unspecified atom stereocenters. The van der Waals surface area contributed by atoms with E-state index in [2.05, 4.69) is 35.9 Å². The Morgan fingerprint density at radius 2 is 2.27 bits per heavy atom. The van der Waals surface area contributed by atoms with Gasteiger partial charge in [-0.05, 0) is 43.3 Å². The van der Waals surface area contributed by atoms with E-state index in [1.54, 1.807) is 18.5 Å². The van der Waals surface area contributed by atoms with Crippen molar-refractivity contribution >= 4 is 23.2 Å². The highest BCUT2D eigenvalue weighted by atomic mass is 32.1. The van der Waals surface area contributed by atoms with Crippen molar-refractivity contribution in [1.29, 1.82) is 0 Å². The summed E-state index contributed by atoms with van der Waals surface area (Å²) >= 11 is 1.43. The van der Waals surface area contributed by atoms with Gasteiger partial charge in [-0.2, -0.15) is 0 Å². The monoisotopic (exact) mass is 430 g/mol. The van der Waals surface area contributed by atoms with Crippen molar-refractivity contribution in [2.24, 2.45) is 5.41 Å². The number of ether oxygens (including phenoxy) is 1. The van der Waals surface area contributed by atoms with Gasteiger partial charge in [0.05, 0.1) is 19.7 Å². The third-order valence-corrected chi connectivity index (χ3v) is 6.52. The minimum atomic E-state index is -0.487. The van der Waals surface area contributed by atoms with E-state index in [1.807, 2.05) is 12.1 Å².